The fraction of sp³-hybridized carbons (Fsp3) is 0. The number of nitrogen functional groups attached to an aromatic ring is 1. The first-order valence-electron chi connectivity index (χ1n) is 4.68. The summed E-state index contributed by atoms with van der Waals surface area (Å²) in [7, 11) is 0. The maximum atomic E-state index is 11.8. The molecule has 3 nitrogen and oxygen atoms in total. The summed E-state index contributed by atoms with van der Waals surface area (Å²) in [5.41, 5.74) is 6.95. The molecule has 6 heteroatoms. The molecule has 88 valence electrons. The summed E-state index contributed by atoms with van der Waals surface area (Å²) in [5.74, 6) is -0.191. The maximum Gasteiger partial charge on any atom is 0.265 e. The van der Waals surface area contributed by atoms with Gasteiger partial charge in [-0.25, -0.2) is 0 Å². The lowest BCUT2D eigenvalue weighted by Gasteiger charge is -2.05. The summed E-state index contributed by atoms with van der Waals surface area (Å²) >= 11 is 10.3. The van der Waals surface area contributed by atoms with Crippen molar-refractivity contribution in [3.63, 3.8) is 0 Å². The molecule has 1 heterocycles. The number of anilines is 2. The van der Waals surface area contributed by atoms with Gasteiger partial charge < -0.3 is 11.1 Å². The molecule has 0 aliphatic heterocycles. The highest BCUT2D eigenvalue weighted by Gasteiger charge is 2.09. The molecule has 0 aliphatic carbocycles. The summed E-state index contributed by atoms with van der Waals surface area (Å²) < 4.78 is 1.39. The van der Waals surface area contributed by atoms with Gasteiger partial charge in [-0.1, -0.05) is 11.6 Å². The lowest BCUT2D eigenvalue weighted by Crippen LogP contribution is -2.10. The van der Waals surface area contributed by atoms with Crippen LogP contribution in [0.4, 0.5) is 11.4 Å². The number of amides is 1. The van der Waals surface area contributed by atoms with Crippen molar-refractivity contribution in [1.82, 2.24) is 0 Å². The van der Waals surface area contributed by atoms with E-state index in [0.717, 1.165) is 4.47 Å². The number of thiophene rings is 1. The number of carbonyl (C=O) groups is 1. The highest BCUT2D eigenvalue weighted by Crippen LogP contribution is 2.25. The first kappa shape index (κ1) is 12.4. The first-order chi connectivity index (χ1) is 8.06. The molecular weight excluding hydrogens is 324 g/mol. The molecule has 0 saturated heterocycles. The second-order valence-electron chi connectivity index (χ2n) is 3.29. The minimum atomic E-state index is -0.191. The molecule has 1 amide bonds. The van der Waals surface area contributed by atoms with E-state index in [0.29, 0.717) is 20.6 Å². The van der Waals surface area contributed by atoms with Crippen molar-refractivity contribution in [3.05, 3.63) is 44.0 Å². The molecule has 0 atom stereocenters. The van der Waals surface area contributed by atoms with Crippen LogP contribution in [0, 0.1) is 0 Å². The van der Waals surface area contributed by atoms with E-state index >= 15 is 0 Å². The van der Waals surface area contributed by atoms with Crippen LogP contribution in [0.3, 0.4) is 0 Å². The molecule has 0 unspecified atom stereocenters. The van der Waals surface area contributed by atoms with Crippen LogP contribution in [0.2, 0.25) is 4.34 Å². The summed E-state index contributed by atoms with van der Waals surface area (Å²) in [4.78, 5) is 12.4. The van der Waals surface area contributed by atoms with Crippen molar-refractivity contribution in [3.8, 4) is 0 Å². The Kier molecular flexibility index (Phi) is 3.71. The van der Waals surface area contributed by atoms with Gasteiger partial charge in [0.05, 0.1) is 9.21 Å². The molecule has 0 spiro atoms. The molecule has 3 N–H and O–H groups in total. The van der Waals surface area contributed by atoms with Gasteiger partial charge in [-0.2, -0.15) is 0 Å². The Morgan fingerprint density at radius 1 is 1.35 bits per heavy atom. The van der Waals surface area contributed by atoms with Crippen LogP contribution in [0.5, 0.6) is 0 Å². The predicted octanol–water partition coefficient (Wildman–Crippen LogP) is 4.00. The van der Waals surface area contributed by atoms with Crippen molar-refractivity contribution < 1.29 is 4.79 Å². The number of nitrogens with one attached hydrogen (secondary N) is 1. The lowest BCUT2D eigenvalue weighted by atomic mass is 10.3. The standard InChI is InChI=1S/C11H8BrClN2OS/c12-7-2-1-6(5-8(7)14)15-11(16)9-3-4-10(13)17-9/h1-5H,14H2,(H,15,16). The third-order valence-electron chi connectivity index (χ3n) is 2.05. The highest BCUT2D eigenvalue weighted by atomic mass is 79.9. The van der Waals surface area contributed by atoms with Crippen LogP contribution >= 0.6 is 38.9 Å². The molecule has 2 rings (SSSR count). The van der Waals surface area contributed by atoms with Crippen LogP contribution in [0.25, 0.3) is 0 Å². The van der Waals surface area contributed by atoms with E-state index in [9.17, 15) is 4.79 Å². The van der Waals surface area contributed by atoms with Crippen molar-refractivity contribution in [2.45, 2.75) is 0 Å². The number of halogens is 2. The molecule has 0 radical (unpaired) electrons. The summed E-state index contributed by atoms with van der Waals surface area (Å²) in [6, 6.07) is 8.62. The molecule has 0 saturated carbocycles. The normalized spacial score (nSPS) is 10.2. The molecule has 0 bridgehead atoms. The van der Waals surface area contributed by atoms with E-state index in [-0.39, 0.29) is 5.91 Å². The summed E-state index contributed by atoms with van der Waals surface area (Å²) in [6.07, 6.45) is 0. The second-order valence-corrected chi connectivity index (χ2v) is 5.86. The number of hydrogen-bond donors (Lipinski definition) is 2. The van der Waals surface area contributed by atoms with Gasteiger partial charge in [-0.3, -0.25) is 4.79 Å². The largest absolute Gasteiger partial charge is 0.398 e. The average Bonchev–Trinajstić information content (AvgIpc) is 2.70. The minimum Gasteiger partial charge on any atom is -0.398 e. The Labute approximate surface area is 116 Å². The zero-order chi connectivity index (χ0) is 12.4. The third-order valence-corrected chi connectivity index (χ3v) is 4.00. The number of hydrogen-bond acceptors (Lipinski definition) is 3. The molecule has 1 aromatic carbocycles. The Hall–Kier alpha value is -1.04. The Balaban J connectivity index is 2.15. The van der Waals surface area contributed by atoms with Crippen molar-refractivity contribution >= 4 is 56.1 Å². The number of rotatable bonds is 2. The summed E-state index contributed by atoms with van der Waals surface area (Å²) in [5, 5.41) is 2.75. The summed E-state index contributed by atoms with van der Waals surface area (Å²) in [6.45, 7) is 0. The highest BCUT2D eigenvalue weighted by molar-refractivity contribution is 9.10. The third kappa shape index (κ3) is 3.00. The van der Waals surface area contributed by atoms with Gasteiger partial charge in [0.15, 0.2) is 0 Å². The molecule has 0 aliphatic rings. The van der Waals surface area contributed by atoms with E-state index in [1.807, 2.05) is 0 Å². The molecule has 17 heavy (non-hydrogen) atoms. The quantitative estimate of drug-likeness (QED) is 0.817. The van der Waals surface area contributed by atoms with E-state index in [1.54, 1.807) is 30.3 Å². The fourth-order valence-corrected chi connectivity index (χ4v) is 2.44. The SMILES string of the molecule is Nc1cc(NC(=O)c2ccc(Cl)s2)ccc1Br. The topological polar surface area (TPSA) is 55.1 Å². The molecule has 2 aromatic rings. The van der Waals surface area contributed by atoms with Gasteiger partial charge in [0.25, 0.3) is 5.91 Å². The zero-order valence-corrected chi connectivity index (χ0v) is 11.7. The Morgan fingerprint density at radius 3 is 2.71 bits per heavy atom. The Morgan fingerprint density at radius 2 is 2.12 bits per heavy atom. The van der Waals surface area contributed by atoms with E-state index < -0.39 is 0 Å². The number of carbonyl (C=O) groups excluding carboxylic acids is 1. The van der Waals surface area contributed by atoms with Gasteiger partial charge in [-0.05, 0) is 46.3 Å². The predicted molar refractivity (Wildman–Crippen MR) is 75.8 cm³/mol. The minimum absolute atomic E-state index is 0.191. The van der Waals surface area contributed by atoms with Crippen molar-refractivity contribution in [2.24, 2.45) is 0 Å². The molecular formula is C11H8BrClN2OS. The van der Waals surface area contributed by atoms with Gasteiger partial charge >= 0.3 is 0 Å². The molecule has 0 fully saturated rings. The second kappa shape index (κ2) is 5.08. The van der Waals surface area contributed by atoms with E-state index in [4.69, 9.17) is 17.3 Å². The lowest BCUT2D eigenvalue weighted by molar-refractivity contribution is 0.103. The van der Waals surface area contributed by atoms with Crippen LogP contribution in [0.1, 0.15) is 9.67 Å². The van der Waals surface area contributed by atoms with Crippen molar-refractivity contribution in [1.29, 1.82) is 0 Å². The first-order valence-corrected chi connectivity index (χ1v) is 6.67. The fourth-order valence-electron chi connectivity index (χ4n) is 1.25. The number of nitrogens with two attached hydrogens (primary N) is 1. The van der Waals surface area contributed by atoms with Crippen LogP contribution in [-0.2, 0) is 0 Å². The maximum absolute atomic E-state index is 11.8. The monoisotopic (exact) mass is 330 g/mol. The van der Waals surface area contributed by atoms with Gasteiger partial charge in [0.1, 0.15) is 0 Å². The van der Waals surface area contributed by atoms with Crippen LogP contribution in [0.15, 0.2) is 34.8 Å². The average molecular weight is 332 g/mol. The smallest absolute Gasteiger partial charge is 0.265 e. The number of benzene rings is 1. The van der Waals surface area contributed by atoms with Gasteiger partial charge in [0.2, 0.25) is 0 Å². The van der Waals surface area contributed by atoms with Crippen molar-refractivity contribution in [2.75, 3.05) is 11.1 Å². The van der Waals surface area contributed by atoms with E-state index in [1.165, 1.54) is 11.3 Å². The van der Waals surface area contributed by atoms with Gasteiger partial charge in [-0.15, -0.1) is 11.3 Å². The van der Waals surface area contributed by atoms with E-state index in [2.05, 4.69) is 21.2 Å². The zero-order valence-electron chi connectivity index (χ0n) is 8.54. The van der Waals surface area contributed by atoms with Crippen LogP contribution < -0.4 is 11.1 Å². The van der Waals surface area contributed by atoms with Crippen LogP contribution in [-0.4, -0.2) is 5.91 Å². The molecule has 1 aromatic heterocycles. The Bertz CT molecular complexity index is 570. The van der Waals surface area contributed by atoms with Gasteiger partial charge in [0, 0.05) is 15.8 Å².